The number of ether oxygens (including phenoxy) is 1. The summed E-state index contributed by atoms with van der Waals surface area (Å²) in [5, 5.41) is 5.25. The maximum absolute atomic E-state index is 13.0. The van der Waals surface area contributed by atoms with Crippen LogP contribution in [0.5, 0.6) is 0 Å². The van der Waals surface area contributed by atoms with Gasteiger partial charge >= 0.3 is 12.0 Å². The Hall–Kier alpha value is -3.13. The third-order valence-electron chi connectivity index (χ3n) is 5.30. The van der Waals surface area contributed by atoms with Gasteiger partial charge in [-0.05, 0) is 43.0 Å². The average molecular weight is 457 g/mol. The molecule has 2 amide bonds. The molecule has 8 heteroatoms. The van der Waals surface area contributed by atoms with Gasteiger partial charge in [0.1, 0.15) is 0 Å². The highest BCUT2D eigenvalue weighted by Gasteiger charge is 2.35. The Balaban J connectivity index is 2.07. The Morgan fingerprint density at radius 2 is 1.69 bits per heavy atom. The fourth-order valence-corrected chi connectivity index (χ4v) is 4.85. The van der Waals surface area contributed by atoms with Gasteiger partial charge in [-0.25, -0.2) is 18.0 Å². The maximum Gasteiger partial charge on any atom is 0.338 e. The monoisotopic (exact) mass is 456 g/mol. The predicted octanol–water partition coefficient (Wildman–Crippen LogP) is 3.76. The standard InChI is InChI=1S/C24H28N2O5S/c1-5-31-23(27)21-20(14-32(29,30)19-12-6-16(4)7-13-19)25-24(28)26-22(21)18-10-8-17(9-11-18)15(2)3/h6-13,15,22H,5,14H2,1-4H3,(H2,25,26,28)/t22-/m0/s1. The van der Waals surface area contributed by atoms with Crippen molar-refractivity contribution >= 4 is 21.8 Å². The van der Waals surface area contributed by atoms with E-state index in [0.717, 1.165) is 11.1 Å². The first kappa shape index (κ1) is 23.5. The van der Waals surface area contributed by atoms with Crippen LogP contribution in [0.1, 0.15) is 49.4 Å². The third-order valence-corrected chi connectivity index (χ3v) is 6.96. The molecule has 32 heavy (non-hydrogen) atoms. The molecule has 1 aliphatic rings. The first-order valence-electron chi connectivity index (χ1n) is 10.5. The molecule has 1 atom stereocenters. The smallest absolute Gasteiger partial charge is 0.338 e. The van der Waals surface area contributed by atoms with E-state index in [0.29, 0.717) is 11.5 Å². The SMILES string of the molecule is CCOC(=O)C1=C(CS(=O)(=O)c2ccc(C)cc2)NC(=O)N[C@H]1c1ccc(C(C)C)cc1. The Kier molecular flexibility index (Phi) is 7.03. The molecule has 170 valence electrons. The van der Waals surface area contributed by atoms with Crippen molar-refractivity contribution in [3.8, 4) is 0 Å². The van der Waals surface area contributed by atoms with Crippen molar-refractivity contribution in [3.63, 3.8) is 0 Å². The molecule has 3 rings (SSSR count). The Bertz CT molecular complexity index is 1130. The summed E-state index contributed by atoms with van der Waals surface area (Å²) in [4.78, 5) is 25.4. The van der Waals surface area contributed by atoms with E-state index in [-0.39, 0.29) is 22.8 Å². The molecule has 0 aromatic heterocycles. The highest BCUT2D eigenvalue weighted by atomic mass is 32.2. The second-order valence-corrected chi connectivity index (χ2v) is 10.0. The van der Waals surface area contributed by atoms with Gasteiger partial charge in [0.25, 0.3) is 0 Å². The van der Waals surface area contributed by atoms with Gasteiger partial charge in [-0.1, -0.05) is 55.8 Å². The first-order chi connectivity index (χ1) is 15.1. The normalized spacial score (nSPS) is 16.5. The van der Waals surface area contributed by atoms with Crippen LogP contribution in [0.2, 0.25) is 0 Å². The number of carbonyl (C=O) groups excluding carboxylic acids is 2. The van der Waals surface area contributed by atoms with Crippen molar-refractivity contribution in [1.82, 2.24) is 10.6 Å². The highest BCUT2D eigenvalue weighted by Crippen LogP contribution is 2.30. The fourth-order valence-electron chi connectivity index (χ4n) is 3.52. The molecule has 0 saturated carbocycles. The number of rotatable bonds is 7. The molecular weight excluding hydrogens is 428 g/mol. The van der Waals surface area contributed by atoms with Gasteiger partial charge < -0.3 is 15.4 Å². The molecule has 0 unspecified atom stereocenters. The molecule has 2 N–H and O–H groups in total. The molecule has 0 fully saturated rings. The summed E-state index contributed by atoms with van der Waals surface area (Å²) in [6, 6.07) is 12.5. The van der Waals surface area contributed by atoms with Crippen molar-refractivity contribution in [1.29, 1.82) is 0 Å². The minimum atomic E-state index is -3.81. The maximum atomic E-state index is 13.0. The van der Waals surface area contributed by atoms with E-state index < -0.39 is 33.6 Å². The van der Waals surface area contributed by atoms with Crippen LogP contribution in [0.25, 0.3) is 0 Å². The van der Waals surface area contributed by atoms with Crippen LogP contribution < -0.4 is 10.6 Å². The van der Waals surface area contributed by atoms with Crippen LogP contribution in [-0.4, -0.2) is 32.8 Å². The minimum Gasteiger partial charge on any atom is -0.463 e. The number of carbonyl (C=O) groups is 2. The van der Waals surface area contributed by atoms with E-state index in [1.165, 1.54) is 12.1 Å². The molecule has 0 bridgehead atoms. The Morgan fingerprint density at radius 3 is 2.25 bits per heavy atom. The number of nitrogens with one attached hydrogen (secondary N) is 2. The number of hydrogen-bond acceptors (Lipinski definition) is 5. The lowest BCUT2D eigenvalue weighted by atomic mass is 9.93. The van der Waals surface area contributed by atoms with Crippen LogP contribution in [0, 0.1) is 6.92 Å². The second kappa shape index (κ2) is 9.56. The average Bonchev–Trinajstić information content (AvgIpc) is 2.73. The van der Waals surface area contributed by atoms with Crippen LogP contribution >= 0.6 is 0 Å². The van der Waals surface area contributed by atoms with E-state index >= 15 is 0 Å². The molecule has 2 aromatic carbocycles. The lowest BCUT2D eigenvalue weighted by molar-refractivity contribution is -0.139. The van der Waals surface area contributed by atoms with Crippen molar-refractivity contribution in [2.75, 3.05) is 12.4 Å². The van der Waals surface area contributed by atoms with Gasteiger partial charge in [0.05, 0.1) is 28.9 Å². The number of urea groups is 1. The van der Waals surface area contributed by atoms with Crippen LogP contribution in [0.4, 0.5) is 4.79 Å². The Labute approximate surface area is 188 Å². The summed E-state index contributed by atoms with van der Waals surface area (Å²) >= 11 is 0. The van der Waals surface area contributed by atoms with Crippen molar-refractivity contribution < 1.29 is 22.7 Å². The first-order valence-corrected chi connectivity index (χ1v) is 12.1. The van der Waals surface area contributed by atoms with Gasteiger partial charge in [0.15, 0.2) is 9.84 Å². The van der Waals surface area contributed by atoms with Crippen molar-refractivity contribution in [2.45, 2.75) is 44.6 Å². The van der Waals surface area contributed by atoms with Gasteiger partial charge in [-0.3, -0.25) is 0 Å². The van der Waals surface area contributed by atoms with Crippen molar-refractivity contribution in [3.05, 3.63) is 76.5 Å². The van der Waals surface area contributed by atoms with Gasteiger partial charge in [0, 0.05) is 5.70 Å². The summed E-state index contributed by atoms with van der Waals surface area (Å²) in [5.41, 5.74) is 2.80. The van der Waals surface area contributed by atoms with Crippen LogP contribution in [0.3, 0.4) is 0 Å². The molecule has 0 saturated heterocycles. The molecule has 0 aliphatic carbocycles. The zero-order chi connectivity index (χ0) is 23.5. The fraction of sp³-hybridized carbons (Fsp3) is 0.333. The van der Waals surface area contributed by atoms with Gasteiger partial charge in [0.2, 0.25) is 0 Å². The molecule has 2 aromatic rings. The minimum absolute atomic E-state index is 0.0192. The summed E-state index contributed by atoms with van der Waals surface area (Å²) in [5.74, 6) is -0.882. The quantitative estimate of drug-likeness (QED) is 0.618. The topological polar surface area (TPSA) is 102 Å². The van der Waals surface area contributed by atoms with Gasteiger partial charge in [-0.15, -0.1) is 0 Å². The predicted molar refractivity (Wildman–Crippen MR) is 122 cm³/mol. The summed E-state index contributed by atoms with van der Waals surface area (Å²) < 4.78 is 31.3. The number of esters is 1. The third kappa shape index (κ3) is 5.19. The largest absolute Gasteiger partial charge is 0.463 e. The molecule has 1 aliphatic heterocycles. The lowest BCUT2D eigenvalue weighted by Gasteiger charge is -2.29. The van der Waals surface area contributed by atoms with Crippen molar-refractivity contribution in [2.24, 2.45) is 0 Å². The van der Waals surface area contributed by atoms with Crippen LogP contribution in [0.15, 0.2) is 64.7 Å². The lowest BCUT2D eigenvalue weighted by Crippen LogP contribution is -2.47. The molecule has 7 nitrogen and oxygen atoms in total. The molecule has 0 spiro atoms. The van der Waals surface area contributed by atoms with Crippen LogP contribution in [-0.2, 0) is 19.4 Å². The molecular formula is C24H28N2O5S. The van der Waals surface area contributed by atoms with Gasteiger partial charge in [-0.2, -0.15) is 0 Å². The van der Waals surface area contributed by atoms with E-state index in [9.17, 15) is 18.0 Å². The number of aryl methyl sites for hydroxylation is 1. The number of benzene rings is 2. The molecule has 1 heterocycles. The van der Waals surface area contributed by atoms with E-state index in [2.05, 4.69) is 24.5 Å². The summed E-state index contributed by atoms with van der Waals surface area (Å²) in [6.07, 6.45) is 0. The van der Waals surface area contributed by atoms with E-state index in [1.807, 2.05) is 31.2 Å². The zero-order valence-corrected chi connectivity index (χ0v) is 19.5. The zero-order valence-electron chi connectivity index (χ0n) is 18.6. The number of sulfone groups is 1. The highest BCUT2D eigenvalue weighted by molar-refractivity contribution is 7.91. The summed E-state index contributed by atoms with van der Waals surface area (Å²) in [6.45, 7) is 7.79. The summed E-state index contributed by atoms with van der Waals surface area (Å²) in [7, 11) is -3.81. The molecule has 0 radical (unpaired) electrons. The Morgan fingerprint density at radius 1 is 1.06 bits per heavy atom. The number of amides is 2. The van der Waals surface area contributed by atoms with E-state index in [4.69, 9.17) is 4.74 Å². The second-order valence-electron chi connectivity index (χ2n) is 8.04. The number of hydrogen-bond donors (Lipinski definition) is 2. The van der Waals surface area contributed by atoms with E-state index in [1.54, 1.807) is 19.1 Å².